The van der Waals surface area contributed by atoms with Crippen molar-refractivity contribution in [2.45, 2.75) is 39.0 Å². The van der Waals surface area contributed by atoms with Crippen molar-refractivity contribution in [1.29, 1.82) is 0 Å². The van der Waals surface area contributed by atoms with Gasteiger partial charge < -0.3 is 14.6 Å². The van der Waals surface area contributed by atoms with Gasteiger partial charge in [0, 0.05) is 6.08 Å². The lowest BCUT2D eigenvalue weighted by atomic mass is 10.1. The molecule has 0 bridgehead atoms. The van der Waals surface area contributed by atoms with Crippen LogP contribution in [-0.2, 0) is 4.79 Å². The summed E-state index contributed by atoms with van der Waals surface area (Å²) >= 11 is 0. The highest BCUT2D eigenvalue weighted by atomic mass is 16.5. The molecule has 0 unspecified atom stereocenters. The maximum Gasteiger partial charge on any atom is 0.328 e. The van der Waals surface area contributed by atoms with Crippen LogP contribution >= 0.6 is 0 Å². The van der Waals surface area contributed by atoms with Gasteiger partial charge in [-0.1, -0.05) is 38.7 Å². The molecule has 4 nitrogen and oxygen atoms in total. The number of rotatable bonds is 10. The molecule has 0 fully saturated rings. The van der Waals surface area contributed by atoms with Crippen molar-refractivity contribution in [2.24, 2.45) is 0 Å². The molecule has 1 N–H and O–H groups in total. The standard InChI is InChI=1S/C17H24O4/c1-3-4-5-6-7-12-21-15-10-8-14(9-11-17(18)19)13-16(15)20-2/h8-11,13H,3-7,12H2,1-2H3,(H,18,19)/b11-9-. The number of aliphatic carboxylic acids is 1. The highest BCUT2D eigenvalue weighted by molar-refractivity contribution is 5.85. The first-order valence-corrected chi connectivity index (χ1v) is 7.39. The Morgan fingerprint density at radius 3 is 2.62 bits per heavy atom. The fourth-order valence-electron chi connectivity index (χ4n) is 1.96. The summed E-state index contributed by atoms with van der Waals surface area (Å²) in [5.74, 6) is 0.345. The van der Waals surface area contributed by atoms with E-state index in [1.165, 1.54) is 31.8 Å². The molecule has 0 saturated carbocycles. The number of carboxylic acid groups (broad SMARTS) is 1. The van der Waals surface area contributed by atoms with Gasteiger partial charge in [-0.15, -0.1) is 0 Å². The van der Waals surface area contributed by atoms with E-state index in [-0.39, 0.29) is 0 Å². The van der Waals surface area contributed by atoms with E-state index in [0.29, 0.717) is 18.1 Å². The van der Waals surface area contributed by atoms with Crippen LogP contribution in [0.25, 0.3) is 6.08 Å². The Morgan fingerprint density at radius 1 is 1.19 bits per heavy atom. The first-order chi connectivity index (χ1) is 10.2. The second-order valence-electron chi connectivity index (χ2n) is 4.84. The van der Waals surface area contributed by atoms with Crippen LogP contribution in [0.5, 0.6) is 11.5 Å². The Bertz CT molecular complexity index is 466. The quantitative estimate of drug-likeness (QED) is 0.520. The van der Waals surface area contributed by atoms with Gasteiger partial charge in [-0.3, -0.25) is 0 Å². The van der Waals surface area contributed by atoms with Gasteiger partial charge in [0.15, 0.2) is 11.5 Å². The highest BCUT2D eigenvalue weighted by Crippen LogP contribution is 2.28. The second-order valence-corrected chi connectivity index (χ2v) is 4.84. The topological polar surface area (TPSA) is 55.8 Å². The molecule has 0 aromatic heterocycles. The average Bonchev–Trinajstić information content (AvgIpc) is 2.49. The predicted octanol–water partition coefficient (Wildman–Crippen LogP) is 4.14. The molecule has 0 aliphatic carbocycles. The second kappa shape index (κ2) is 9.86. The molecule has 0 aliphatic heterocycles. The zero-order valence-corrected chi connectivity index (χ0v) is 12.8. The van der Waals surface area contributed by atoms with Gasteiger partial charge in [0.1, 0.15) is 0 Å². The minimum absolute atomic E-state index is 0.621. The van der Waals surface area contributed by atoms with Crippen LogP contribution in [0.15, 0.2) is 24.3 Å². The Hall–Kier alpha value is -1.97. The van der Waals surface area contributed by atoms with Gasteiger partial charge in [-0.25, -0.2) is 4.79 Å². The minimum Gasteiger partial charge on any atom is -0.493 e. The van der Waals surface area contributed by atoms with Crippen molar-refractivity contribution < 1.29 is 19.4 Å². The van der Waals surface area contributed by atoms with Crippen LogP contribution in [0.1, 0.15) is 44.6 Å². The van der Waals surface area contributed by atoms with E-state index in [2.05, 4.69) is 6.92 Å². The van der Waals surface area contributed by atoms with Crippen LogP contribution < -0.4 is 9.47 Å². The lowest BCUT2D eigenvalue weighted by Crippen LogP contribution is -1.99. The van der Waals surface area contributed by atoms with Gasteiger partial charge in [-0.2, -0.15) is 0 Å². The van der Waals surface area contributed by atoms with Gasteiger partial charge >= 0.3 is 5.97 Å². The van der Waals surface area contributed by atoms with Crippen molar-refractivity contribution in [3.8, 4) is 11.5 Å². The lowest BCUT2D eigenvalue weighted by Gasteiger charge is -2.11. The average molecular weight is 292 g/mol. The van der Waals surface area contributed by atoms with E-state index in [9.17, 15) is 4.79 Å². The molecule has 1 rings (SSSR count). The monoisotopic (exact) mass is 292 g/mol. The van der Waals surface area contributed by atoms with Crippen LogP contribution in [0, 0.1) is 0 Å². The molecule has 21 heavy (non-hydrogen) atoms. The molecular formula is C17H24O4. The molecule has 4 heteroatoms. The van der Waals surface area contributed by atoms with E-state index < -0.39 is 5.97 Å². The number of carbonyl (C=O) groups is 1. The summed E-state index contributed by atoms with van der Waals surface area (Å²) in [6.07, 6.45) is 8.59. The number of methoxy groups -OCH3 is 1. The molecule has 1 aromatic rings. The van der Waals surface area contributed by atoms with E-state index >= 15 is 0 Å². The number of carboxylic acids is 1. The number of hydrogen-bond donors (Lipinski definition) is 1. The molecular weight excluding hydrogens is 268 g/mol. The van der Waals surface area contributed by atoms with Gasteiger partial charge in [0.2, 0.25) is 0 Å². The zero-order chi connectivity index (χ0) is 15.5. The lowest BCUT2D eigenvalue weighted by molar-refractivity contribution is -0.131. The third-order valence-electron chi connectivity index (χ3n) is 3.11. The molecule has 0 saturated heterocycles. The van der Waals surface area contributed by atoms with E-state index in [1.54, 1.807) is 13.2 Å². The summed E-state index contributed by atoms with van der Waals surface area (Å²) in [5.41, 5.74) is 0.768. The molecule has 0 heterocycles. The Kier molecular flexibility index (Phi) is 8.02. The number of ether oxygens (including phenoxy) is 2. The van der Waals surface area contributed by atoms with Crippen molar-refractivity contribution in [2.75, 3.05) is 13.7 Å². The maximum absolute atomic E-state index is 10.5. The summed E-state index contributed by atoms with van der Waals surface area (Å²) in [6.45, 7) is 2.87. The fraction of sp³-hybridized carbons (Fsp3) is 0.471. The number of hydrogen-bond acceptors (Lipinski definition) is 3. The third-order valence-corrected chi connectivity index (χ3v) is 3.11. The van der Waals surface area contributed by atoms with Crippen LogP contribution in [0.4, 0.5) is 0 Å². The summed E-state index contributed by atoms with van der Waals surface area (Å²) in [5, 5.41) is 8.62. The highest BCUT2D eigenvalue weighted by Gasteiger charge is 2.05. The molecule has 0 radical (unpaired) electrons. The first kappa shape index (κ1) is 17.1. The molecule has 1 aromatic carbocycles. The summed E-state index contributed by atoms with van der Waals surface area (Å²) < 4.78 is 11.0. The van der Waals surface area contributed by atoms with Crippen molar-refractivity contribution in [3.05, 3.63) is 29.8 Å². The van der Waals surface area contributed by atoms with E-state index in [1.807, 2.05) is 12.1 Å². The van der Waals surface area contributed by atoms with Crippen LogP contribution in [0.2, 0.25) is 0 Å². The van der Waals surface area contributed by atoms with Crippen molar-refractivity contribution >= 4 is 12.0 Å². The van der Waals surface area contributed by atoms with Gasteiger partial charge in [0.25, 0.3) is 0 Å². The predicted molar refractivity (Wildman–Crippen MR) is 83.9 cm³/mol. The number of unbranched alkanes of at least 4 members (excludes halogenated alkanes) is 4. The number of benzene rings is 1. The Morgan fingerprint density at radius 2 is 1.95 bits per heavy atom. The Labute approximate surface area is 126 Å². The normalized spacial score (nSPS) is 10.8. The summed E-state index contributed by atoms with van der Waals surface area (Å²) in [6, 6.07) is 5.40. The molecule has 0 aliphatic rings. The van der Waals surface area contributed by atoms with Crippen LogP contribution in [-0.4, -0.2) is 24.8 Å². The third kappa shape index (κ3) is 6.84. The van der Waals surface area contributed by atoms with Gasteiger partial charge in [0.05, 0.1) is 13.7 Å². The Balaban J connectivity index is 2.52. The first-order valence-electron chi connectivity index (χ1n) is 7.39. The largest absolute Gasteiger partial charge is 0.493 e. The van der Waals surface area contributed by atoms with Crippen molar-refractivity contribution in [3.63, 3.8) is 0 Å². The maximum atomic E-state index is 10.5. The smallest absolute Gasteiger partial charge is 0.328 e. The SMILES string of the molecule is CCCCCCCOc1ccc(/C=C\C(=O)O)cc1OC. The summed E-state index contributed by atoms with van der Waals surface area (Å²) in [7, 11) is 1.58. The fourth-order valence-corrected chi connectivity index (χ4v) is 1.96. The molecule has 0 amide bonds. The van der Waals surface area contributed by atoms with E-state index in [4.69, 9.17) is 14.6 Å². The molecule has 0 atom stereocenters. The molecule has 0 spiro atoms. The molecule has 116 valence electrons. The van der Waals surface area contributed by atoms with Crippen molar-refractivity contribution in [1.82, 2.24) is 0 Å². The van der Waals surface area contributed by atoms with Crippen LogP contribution in [0.3, 0.4) is 0 Å². The summed E-state index contributed by atoms with van der Waals surface area (Å²) in [4.78, 5) is 10.5. The minimum atomic E-state index is -0.971. The van der Waals surface area contributed by atoms with E-state index in [0.717, 1.165) is 18.1 Å². The van der Waals surface area contributed by atoms with Gasteiger partial charge in [-0.05, 0) is 30.2 Å². The zero-order valence-electron chi connectivity index (χ0n) is 12.8.